The third-order valence-corrected chi connectivity index (χ3v) is 0.729. The van der Waals surface area contributed by atoms with Gasteiger partial charge in [-0.2, -0.15) is 8.42 Å². The molecule has 0 unspecified atom stereocenters. The molecule has 0 aromatic heterocycles. The van der Waals surface area contributed by atoms with Crippen molar-refractivity contribution in [1.82, 2.24) is 10.6 Å². The third-order valence-electron chi connectivity index (χ3n) is 0.729. The number of hydrogen-bond acceptors (Lipinski definition) is 4. The topological polar surface area (TPSA) is 98.7 Å². The van der Waals surface area contributed by atoms with Gasteiger partial charge in [0.15, 0.2) is 0 Å². The molecule has 0 aliphatic carbocycles. The molecule has 6 nitrogen and oxygen atoms in total. The van der Waals surface area contributed by atoms with Gasteiger partial charge in [0.1, 0.15) is 0 Å². The normalized spacial score (nSPS) is 17.8. The van der Waals surface area contributed by atoms with Crippen LogP contribution in [0.15, 0.2) is 0 Å². The van der Waals surface area contributed by atoms with Crippen LogP contribution in [0, 0.1) is 0 Å². The van der Waals surface area contributed by atoms with Gasteiger partial charge < -0.3 is 10.6 Å². The van der Waals surface area contributed by atoms with Gasteiger partial charge in [0, 0.05) is 19.8 Å². The molecule has 0 spiro atoms. The van der Waals surface area contributed by atoms with Gasteiger partial charge in [-0.25, -0.2) is 0 Å². The molecule has 10 heavy (non-hydrogen) atoms. The molecule has 1 aliphatic rings. The zero-order chi connectivity index (χ0) is 8.04. The van der Waals surface area contributed by atoms with Crippen LogP contribution in [0.25, 0.3) is 0 Å². The van der Waals surface area contributed by atoms with E-state index >= 15 is 0 Å². The minimum Gasteiger partial charge on any atom is -0.303 e. The monoisotopic (exact) mass is 170 g/mol. The molecule has 0 radical (unpaired) electrons. The van der Waals surface area contributed by atoms with E-state index in [0.29, 0.717) is 0 Å². The van der Waals surface area contributed by atoms with Crippen molar-refractivity contribution in [2.75, 3.05) is 19.8 Å². The molecule has 1 saturated heterocycles. The highest BCUT2D eigenvalue weighted by atomic mass is 32.3. The van der Waals surface area contributed by atoms with Crippen molar-refractivity contribution in [3.05, 3.63) is 0 Å². The summed E-state index contributed by atoms with van der Waals surface area (Å²) in [5.74, 6) is 0. The fraction of sp³-hybridized carbons (Fsp3) is 1.00. The molecule has 7 heteroatoms. The Morgan fingerprint density at radius 2 is 1.40 bits per heavy atom. The Hall–Kier alpha value is -0.210. The molecule has 1 fully saturated rings. The smallest absolute Gasteiger partial charge is 0.303 e. The zero-order valence-electron chi connectivity index (χ0n) is 5.24. The molecule has 0 aromatic rings. The SMILES string of the molecule is C1CNCN1.O=S(=O)(O)O. The molecule has 62 valence electrons. The van der Waals surface area contributed by atoms with Gasteiger partial charge in [-0.05, 0) is 0 Å². The van der Waals surface area contributed by atoms with Gasteiger partial charge in [0.05, 0.1) is 0 Å². The van der Waals surface area contributed by atoms with Gasteiger partial charge >= 0.3 is 10.4 Å². The first-order valence-electron chi connectivity index (χ1n) is 2.61. The van der Waals surface area contributed by atoms with Crippen LogP contribution >= 0.6 is 0 Å². The summed E-state index contributed by atoms with van der Waals surface area (Å²) in [5, 5.41) is 6.22. The van der Waals surface area contributed by atoms with Crippen molar-refractivity contribution < 1.29 is 17.5 Å². The molecule has 1 aliphatic heterocycles. The lowest BCUT2D eigenvalue weighted by molar-refractivity contribution is 0.381. The Bertz CT molecular complexity index is 146. The molecule has 1 rings (SSSR count). The van der Waals surface area contributed by atoms with Crippen molar-refractivity contribution in [3.8, 4) is 0 Å². The van der Waals surface area contributed by atoms with Crippen LogP contribution in [0.5, 0.6) is 0 Å². The summed E-state index contributed by atoms with van der Waals surface area (Å²) in [6.45, 7) is 3.28. The van der Waals surface area contributed by atoms with Crippen LogP contribution in [0.4, 0.5) is 0 Å². The van der Waals surface area contributed by atoms with Crippen molar-refractivity contribution in [1.29, 1.82) is 0 Å². The summed E-state index contributed by atoms with van der Waals surface area (Å²) in [6.07, 6.45) is 0. The van der Waals surface area contributed by atoms with E-state index in [9.17, 15) is 0 Å². The molecule has 0 amide bonds. The highest BCUT2D eigenvalue weighted by Gasteiger charge is 1.90. The van der Waals surface area contributed by atoms with Crippen LogP contribution in [0.3, 0.4) is 0 Å². The molecule has 4 N–H and O–H groups in total. The Morgan fingerprint density at radius 3 is 1.50 bits per heavy atom. The second kappa shape index (κ2) is 4.58. The second-order valence-electron chi connectivity index (χ2n) is 1.62. The lowest BCUT2D eigenvalue weighted by Crippen LogP contribution is -2.11. The van der Waals surface area contributed by atoms with E-state index in [1.54, 1.807) is 0 Å². The maximum absolute atomic E-state index is 8.74. The van der Waals surface area contributed by atoms with E-state index in [-0.39, 0.29) is 0 Å². The lowest BCUT2D eigenvalue weighted by atomic mass is 10.7. The maximum atomic E-state index is 8.74. The predicted molar refractivity (Wildman–Crippen MR) is 35.0 cm³/mol. The number of nitrogens with one attached hydrogen (secondary N) is 2. The molecule has 1 heterocycles. The summed E-state index contributed by atoms with van der Waals surface area (Å²) in [6, 6.07) is 0. The predicted octanol–water partition coefficient (Wildman–Crippen LogP) is -1.52. The van der Waals surface area contributed by atoms with Crippen molar-refractivity contribution in [2.24, 2.45) is 0 Å². The standard InChI is InChI=1S/C3H8N2.H2O4S/c1-2-5-3-4-1;1-5(2,3)4/h4-5H,1-3H2;(H2,1,2,3,4). The average Bonchev–Trinajstić information content (AvgIpc) is 2.07. The van der Waals surface area contributed by atoms with Gasteiger partial charge in [-0.1, -0.05) is 0 Å². The minimum absolute atomic E-state index is 1.00. The molecule has 0 saturated carbocycles. The van der Waals surface area contributed by atoms with Gasteiger partial charge in [-0.15, -0.1) is 0 Å². The van der Waals surface area contributed by atoms with Gasteiger partial charge in [-0.3, -0.25) is 9.11 Å². The third kappa shape index (κ3) is 15.7. The second-order valence-corrected chi connectivity index (χ2v) is 2.52. The van der Waals surface area contributed by atoms with Crippen LogP contribution in [-0.2, 0) is 10.4 Å². The fourth-order valence-electron chi connectivity index (χ4n) is 0.442. The lowest BCUT2D eigenvalue weighted by Gasteiger charge is -1.77. The highest BCUT2D eigenvalue weighted by Crippen LogP contribution is 1.62. The first-order valence-corrected chi connectivity index (χ1v) is 4.01. The molecule has 0 bridgehead atoms. The quantitative estimate of drug-likeness (QED) is 0.330. The van der Waals surface area contributed by atoms with Gasteiger partial charge in [0.2, 0.25) is 0 Å². The average molecular weight is 170 g/mol. The van der Waals surface area contributed by atoms with E-state index < -0.39 is 10.4 Å². The van der Waals surface area contributed by atoms with E-state index in [4.69, 9.17) is 17.5 Å². The van der Waals surface area contributed by atoms with E-state index in [0.717, 1.165) is 19.8 Å². The summed E-state index contributed by atoms with van der Waals surface area (Å²) in [5.41, 5.74) is 0. The van der Waals surface area contributed by atoms with E-state index in [2.05, 4.69) is 10.6 Å². The highest BCUT2D eigenvalue weighted by molar-refractivity contribution is 7.79. The van der Waals surface area contributed by atoms with Crippen molar-refractivity contribution >= 4 is 10.4 Å². The fourth-order valence-corrected chi connectivity index (χ4v) is 0.442. The summed E-state index contributed by atoms with van der Waals surface area (Å²) in [7, 11) is -4.67. The molecule has 0 atom stereocenters. The summed E-state index contributed by atoms with van der Waals surface area (Å²) in [4.78, 5) is 0. The first kappa shape index (κ1) is 9.79. The number of hydrogen-bond donors (Lipinski definition) is 4. The summed E-state index contributed by atoms with van der Waals surface area (Å²) >= 11 is 0. The largest absolute Gasteiger partial charge is 0.394 e. The first-order chi connectivity index (χ1) is 4.50. The van der Waals surface area contributed by atoms with Crippen molar-refractivity contribution in [2.45, 2.75) is 0 Å². The maximum Gasteiger partial charge on any atom is 0.394 e. The Labute approximate surface area is 59.2 Å². The Morgan fingerprint density at radius 1 is 1.10 bits per heavy atom. The van der Waals surface area contributed by atoms with Crippen LogP contribution in [-0.4, -0.2) is 37.3 Å². The van der Waals surface area contributed by atoms with Crippen LogP contribution in [0.2, 0.25) is 0 Å². The molecular formula is C3H10N2O4S. The van der Waals surface area contributed by atoms with E-state index in [1.807, 2.05) is 0 Å². The van der Waals surface area contributed by atoms with Crippen LogP contribution < -0.4 is 10.6 Å². The van der Waals surface area contributed by atoms with E-state index in [1.165, 1.54) is 0 Å². The molecule has 0 aromatic carbocycles. The molecular weight excluding hydrogens is 160 g/mol. The Balaban J connectivity index is 0.000000162. The van der Waals surface area contributed by atoms with Crippen molar-refractivity contribution in [3.63, 3.8) is 0 Å². The van der Waals surface area contributed by atoms with Crippen LogP contribution in [0.1, 0.15) is 0 Å². The van der Waals surface area contributed by atoms with Gasteiger partial charge in [0.25, 0.3) is 0 Å². The zero-order valence-corrected chi connectivity index (χ0v) is 6.06. The minimum atomic E-state index is -4.67. The summed E-state index contributed by atoms with van der Waals surface area (Å²) < 4.78 is 31.6. The Kier molecular flexibility index (Phi) is 4.49. The number of rotatable bonds is 0.